The van der Waals surface area contributed by atoms with Gasteiger partial charge >= 0.3 is 0 Å². The van der Waals surface area contributed by atoms with Crippen LogP contribution < -0.4 is 15.4 Å². The number of rotatable bonds is 6. The molecule has 0 radical (unpaired) electrons. The fourth-order valence-electron chi connectivity index (χ4n) is 1.51. The quantitative estimate of drug-likeness (QED) is 0.843. The van der Waals surface area contributed by atoms with Gasteiger partial charge in [-0.15, -0.1) is 0 Å². The minimum absolute atomic E-state index is 0.0101. The van der Waals surface area contributed by atoms with Crippen molar-refractivity contribution in [3.8, 4) is 5.75 Å². The van der Waals surface area contributed by atoms with Gasteiger partial charge in [-0.2, -0.15) is 0 Å². The van der Waals surface area contributed by atoms with E-state index in [1.54, 1.807) is 7.11 Å². The van der Waals surface area contributed by atoms with Crippen molar-refractivity contribution in [1.29, 1.82) is 0 Å². The normalized spacial score (nSPS) is 13.5. The Hall–Kier alpha value is -1.23. The van der Waals surface area contributed by atoms with E-state index in [1.165, 1.54) is 0 Å². The number of benzene rings is 1. The SMILES string of the molecule is CCC(C)NC(=O)C(C)Nc1cc(OC)ccc1Br. The molecule has 0 spiro atoms. The molecule has 19 heavy (non-hydrogen) atoms. The molecule has 1 amide bonds. The zero-order valence-electron chi connectivity index (χ0n) is 11.8. The van der Waals surface area contributed by atoms with Crippen LogP contribution >= 0.6 is 15.9 Å². The Bertz CT molecular complexity index is 437. The number of carbonyl (C=O) groups is 1. The van der Waals surface area contributed by atoms with Crippen LogP contribution in [0.2, 0.25) is 0 Å². The van der Waals surface area contributed by atoms with Gasteiger partial charge in [0.2, 0.25) is 5.91 Å². The van der Waals surface area contributed by atoms with Gasteiger partial charge in [-0.3, -0.25) is 4.79 Å². The molecule has 0 heterocycles. The molecule has 2 atom stereocenters. The van der Waals surface area contributed by atoms with Crippen LogP contribution in [0.15, 0.2) is 22.7 Å². The average molecular weight is 329 g/mol. The molecule has 2 unspecified atom stereocenters. The lowest BCUT2D eigenvalue weighted by Gasteiger charge is -2.19. The second kappa shape index (κ2) is 7.38. The van der Waals surface area contributed by atoms with E-state index in [-0.39, 0.29) is 18.0 Å². The van der Waals surface area contributed by atoms with Gasteiger partial charge < -0.3 is 15.4 Å². The summed E-state index contributed by atoms with van der Waals surface area (Å²) >= 11 is 3.45. The molecule has 0 bridgehead atoms. The summed E-state index contributed by atoms with van der Waals surface area (Å²) in [5.74, 6) is 0.740. The highest BCUT2D eigenvalue weighted by atomic mass is 79.9. The number of hydrogen-bond acceptors (Lipinski definition) is 3. The first-order chi connectivity index (χ1) is 8.97. The summed E-state index contributed by atoms with van der Waals surface area (Å²) in [6.45, 7) is 5.87. The molecule has 2 N–H and O–H groups in total. The number of amides is 1. The minimum atomic E-state index is -0.308. The van der Waals surface area contributed by atoms with Crippen LogP contribution in [0, 0.1) is 0 Å². The fourth-order valence-corrected chi connectivity index (χ4v) is 1.87. The van der Waals surface area contributed by atoms with Crippen LogP contribution in [-0.2, 0) is 4.79 Å². The first-order valence-corrected chi connectivity index (χ1v) is 7.17. The smallest absolute Gasteiger partial charge is 0.242 e. The number of halogens is 1. The molecule has 0 saturated carbocycles. The summed E-state index contributed by atoms with van der Waals surface area (Å²) in [6.07, 6.45) is 0.918. The lowest BCUT2D eigenvalue weighted by Crippen LogP contribution is -2.41. The van der Waals surface area contributed by atoms with Gasteiger partial charge in [0.1, 0.15) is 11.8 Å². The number of ether oxygens (including phenoxy) is 1. The molecule has 0 aliphatic carbocycles. The van der Waals surface area contributed by atoms with Crippen LogP contribution in [0.5, 0.6) is 5.75 Å². The lowest BCUT2D eigenvalue weighted by molar-refractivity contribution is -0.122. The minimum Gasteiger partial charge on any atom is -0.497 e. The first-order valence-electron chi connectivity index (χ1n) is 6.38. The zero-order chi connectivity index (χ0) is 14.4. The summed E-state index contributed by atoms with van der Waals surface area (Å²) in [7, 11) is 1.62. The van der Waals surface area contributed by atoms with Crippen molar-refractivity contribution in [2.45, 2.75) is 39.3 Å². The molecular weight excluding hydrogens is 308 g/mol. The molecule has 0 aliphatic heterocycles. The highest BCUT2D eigenvalue weighted by Gasteiger charge is 2.15. The predicted octanol–water partition coefficient (Wildman–Crippen LogP) is 3.17. The van der Waals surface area contributed by atoms with E-state index >= 15 is 0 Å². The number of hydrogen-bond donors (Lipinski definition) is 2. The number of anilines is 1. The monoisotopic (exact) mass is 328 g/mol. The third-order valence-electron chi connectivity index (χ3n) is 2.94. The van der Waals surface area contributed by atoms with Crippen molar-refractivity contribution in [3.63, 3.8) is 0 Å². The van der Waals surface area contributed by atoms with Crippen molar-refractivity contribution in [1.82, 2.24) is 5.32 Å². The molecular formula is C14H21BrN2O2. The second-order valence-electron chi connectivity index (χ2n) is 4.53. The van der Waals surface area contributed by atoms with Crippen molar-refractivity contribution in [2.24, 2.45) is 0 Å². The van der Waals surface area contributed by atoms with Gasteiger partial charge in [0.05, 0.1) is 12.8 Å². The van der Waals surface area contributed by atoms with E-state index in [0.717, 1.165) is 22.3 Å². The Morgan fingerprint density at radius 2 is 2.11 bits per heavy atom. The highest BCUT2D eigenvalue weighted by Crippen LogP contribution is 2.27. The maximum atomic E-state index is 12.0. The third kappa shape index (κ3) is 4.74. The summed E-state index contributed by atoms with van der Waals surface area (Å²) in [4.78, 5) is 12.0. The molecule has 5 heteroatoms. The van der Waals surface area contributed by atoms with Gasteiger partial charge in [-0.25, -0.2) is 0 Å². The first kappa shape index (κ1) is 15.8. The van der Waals surface area contributed by atoms with Gasteiger partial charge in [-0.05, 0) is 48.3 Å². The molecule has 106 valence electrons. The molecule has 0 aromatic heterocycles. The van der Waals surface area contributed by atoms with E-state index in [4.69, 9.17) is 4.74 Å². The predicted molar refractivity (Wildman–Crippen MR) is 81.7 cm³/mol. The lowest BCUT2D eigenvalue weighted by atomic mass is 10.2. The second-order valence-corrected chi connectivity index (χ2v) is 5.38. The van der Waals surface area contributed by atoms with Crippen molar-refractivity contribution < 1.29 is 9.53 Å². The van der Waals surface area contributed by atoms with E-state index in [2.05, 4.69) is 26.6 Å². The van der Waals surface area contributed by atoms with Crippen LogP contribution in [0.4, 0.5) is 5.69 Å². The Morgan fingerprint density at radius 3 is 2.68 bits per heavy atom. The Morgan fingerprint density at radius 1 is 1.42 bits per heavy atom. The highest BCUT2D eigenvalue weighted by molar-refractivity contribution is 9.10. The van der Waals surface area contributed by atoms with E-state index in [0.29, 0.717) is 0 Å². The summed E-state index contributed by atoms with van der Waals surface area (Å²) in [5.41, 5.74) is 0.839. The molecule has 1 aromatic rings. The van der Waals surface area contributed by atoms with Crippen LogP contribution in [0.3, 0.4) is 0 Å². The maximum absolute atomic E-state index is 12.0. The molecule has 1 aromatic carbocycles. The van der Waals surface area contributed by atoms with Gasteiger partial charge in [0, 0.05) is 16.6 Å². The molecule has 4 nitrogen and oxygen atoms in total. The number of nitrogens with one attached hydrogen (secondary N) is 2. The Balaban J connectivity index is 2.70. The van der Waals surface area contributed by atoms with E-state index in [1.807, 2.05) is 39.0 Å². The van der Waals surface area contributed by atoms with Crippen LogP contribution in [-0.4, -0.2) is 25.1 Å². The number of methoxy groups -OCH3 is 1. The summed E-state index contributed by atoms with van der Waals surface area (Å²) < 4.78 is 6.07. The Labute approximate surface area is 123 Å². The van der Waals surface area contributed by atoms with Gasteiger partial charge in [-0.1, -0.05) is 6.92 Å². The fraction of sp³-hybridized carbons (Fsp3) is 0.500. The standard InChI is InChI=1S/C14H21BrN2O2/c1-5-9(2)16-14(18)10(3)17-13-8-11(19-4)6-7-12(13)15/h6-10,17H,5H2,1-4H3,(H,16,18). The number of carbonyl (C=O) groups excluding carboxylic acids is 1. The van der Waals surface area contributed by atoms with Gasteiger partial charge in [0.15, 0.2) is 0 Å². The van der Waals surface area contributed by atoms with Crippen molar-refractivity contribution in [3.05, 3.63) is 22.7 Å². The molecule has 0 saturated heterocycles. The zero-order valence-corrected chi connectivity index (χ0v) is 13.4. The average Bonchev–Trinajstić information content (AvgIpc) is 2.40. The molecule has 1 rings (SSSR count). The molecule has 0 aliphatic rings. The van der Waals surface area contributed by atoms with E-state index < -0.39 is 0 Å². The third-order valence-corrected chi connectivity index (χ3v) is 3.63. The van der Waals surface area contributed by atoms with E-state index in [9.17, 15) is 4.79 Å². The van der Waals surface area contributed by atoms with Crippen LogP contribution in [0.1, 0.15) is 27.2 Å². The molecule has 0 fully saturated rings. The summed E-state index contributed by atoms with van der Waals surface area (Å²) in [6, 6.07) is 5.49. The largest absolute Gasteiger partial charge is 0.497 e. The van der Waals surface area contributed by atoms with Crippen molar-refractivity contribution >= 4 is 27.5 Å². The van der Waals surface area contributed by atoms with Crippen molar-refractivity contribution in [2.75, 3.05) is 12.4 Å². The topological polar surface area (TPSA) is 50.4 Å². The maximum Gasteiger partial charge on any atom is 0.242 e. The summed E-state index contributed by atoms with van der Waals surface area (Å²) in [5, 5.41) is 6.12. The Kier molecular flexibility index (Phi) is 6.15. The van der Waals surface area contributed by atoms with Crippen LogP contribution in [0.25, 0.3) is 0 Å². The van der Waals surface area contributed by atoms with Gasteiger partial charge in [0.25, 0.3) is 0 Å².